The van der Waals surface area contributed by atoms with Gasteiger partial charge in [0, 0.05) is 23.5 Å². The lowest BCUT2D eigenvalue weighted by Crippen LogP contribution is -2.51. The molecule has 2 aliphatic heterocycles. The molecule has 2 fully saturated rings. The predicted molar refractivity (Wildman–Crippen MR) is 113 cm³/mol. The van der Waals surface area contributed by atoms with Crippen LogP contribution < -0.4 is 5.32 Å². The Morgan fingerprint density at radius 1 is 1.25 bits per heavy atom. The predicted octanol–water partition coefficient (Wildman–Crippen LogP) is 2.91. The van der Waals surface area contributed by atoms with E-state index in [1.807, 2.05) is 29.4 Å². The number of halogens is 1. The molecule has 0 aliphatic carbocycles. The number of hydrogen-bond donors (Lipinski definition) is 1. The summed E-state index contributed by atoms with van der Waals surface area (Å²) in [5, 5.41) is 2.95. The Balaban J connectivity index is 1.60. The van der Waals surface area contributed by atoms with E-state index in [1.165, 1.54) is 0 Å². The van der Waals surface area contributed by atoms with Crippen molar-refractivity contribution < 1.29 is 19.1 Å². The number of nitrogens with one attached hydrogen (secondary N) is 1. The van der Waals surface area contributed by atoms with Crippen LogP contribution in [0.2, 0.25) is 0 Å². The fraction of sp³-hybridized carbons (Fsp3) is 0.600. The van der Waals surface area contributed by atoms with Crippen molar-refractivity contribution in [3.63, 3.8) is 0 Å². The van der Waals surface area contributed by atoms with Crippen LogP contribution >= 0.6 is 27.7 Å². The first-order valence-electron chi connectivity index (χ1n) is 9.66. The normalized spacial score (nSPS) is 19.6. The number of carbonyl (C=O) groups excluding carboxylic acids is 2. The Morgan fingerprint density at radius 2 is 1.93 bits per heavy atom. The molecule has 0 aromatic heterocycles. The SMILES string of the molecule is CSCCC(NC(=O)c1ccccc1Br)C(=O)N1CCC(C2OCCO2)CC1. The molecule has 2 amide bonds. The lowest BCUT2D eigenvalue weighted by atomic mass is 9.95. The number of benzene rings is 1. The first-order chi connectivity index (χ1) is 13.6. The first-order valence-corrected chi connectivity index (χ1v) is 11.8. The van der Waals surface area contributed by atoms with Crippen LogP contribution in [0.1, 0.15) is 29.6 Å². The van der Waals surface area contributed by atoms with E-state index in [-0.39, 0.29) is 18.1 Å². The van der Waals surface area contributed by atoms with Crippen molar-refractivity contribution in [2.75, 3.05) is 38.3 Å². The number of likely N-dealkylation sites (tertiary alicyclic amines) is 1. The van der Waals surface area contributed by atoms with E-state index in [4.69, 9.17) is 9.47 Å². The van der Waals surface area contributed by atoms with Gasteiger partial charge in [0.1, 0.15) is 6.04 Å². The molecular formula is C20H27BrN2O4S. The van der Waals surface area contributed by atoms with Crippen LogP contribution in [0.3, 0.4) is 0 Å². The lowest BCUT2D eigenvalue weighted by Gasteiger charge is -2.35. The maximum atomic E-state index is 13.1. The van der Waals surface area contributed by atoms with Crippen LogP contribution in [0.5, 0.6) is 0 Å². The van der Waals surface area contributed by atoms with Crippen LogP contribution in [-0.4, -0.2) is 67.4 Å². The van der Waals surface area contributed by atoms with Crippen molar-refractivity contribution in [3.8, 4) is 0 Å². The molecule has 1 aromatic rings. The molecule has 2 aliphatic rings. The number of thioether (sulfide) groups is 1. The van der Waals surface area contributed by atoms with Crippen LogP contribution in [0.4, 0.5) is 0 Å². The number of rotatable bonds is 7. The summed E-state index contributed by atoms with van der Waals surface area (Å²) >= 11 is 5.08. The van der Waals surface area contributed by atoms with Gasteiger partial charge in [-0.15, -0.1) is 0 Å². The summed E-state index contributed by atoms with van der Waals surface area (Å²) in [6.45, 7) is 2.66. The van der Waals surface area contributed by atoms with E-state index in [2.05, 4.69) is 21.2 Å². The highest BCUT2D eigenvalue weighted by Crippen LogP contribution is 2.26. The summed E-state index contributed by atoms with van der Waals surface area (Å²) in [4.78, 5) is 27.7. The number of carbonyl (C=O) groups is 2. The van der Waals surface area contributed by atoms with Gasteiger partial charge in [-0.2, -0.15) is 11.8 Å². The molecular weight excluding hydrogens is 444 g/mol. The van der Waals surface area contributed by atoms with Gasteiger partial charge in [0.05, 0.1) is 18.8 Å². The third-order valence-electron chi connectivity index (χ3n) is 5.22. The summed E-state index contributed by atoms with van der Waals surface area (Å²) < 4.78 is 11.9. The van der Waals surface area contributed by atoms with Crippen LogP contribution in [-0.2, 0) is 14.3 Å². The zero-order valence-electron chi connectivity index (χ0n) is 16.1. The van der Waals surface area contributed by atoms with Crippen molar-refractivity contribution in [1.29, 1.82) is 0 Å². The minimum absolute atomic E-state index is 0.00108. The standard InChI is InChI=1S/C20H27BrN2O4S/c1-28-13-8-17(22-18(24)15-4-2-3-5-16(15)21)19(25)23-9-6-14(7-10-23)20-26-11-12-27-20/h2-5,14,17,20H,6-13H2,1H3,(H,22,24). The highest BCUT2D eigenvalue weighted by Gasteiger charge is 2.34. The average Bonchev–Trinajstić information content (AvgIpc) is 3.26. The molecule has 1 unspecified atom stereocenters. The maximum Gasteiger partial charge on any atom is 0.253 e. The number of hydrogen-bond acceptors (Lipinski definition) is 5. The van der Waals surface area contributed by atoms with Crippen molar-refractivity contribution in [1.82, 2.24) is 10.2 Å². The Bertz CT molecular complexity index is 676. The third kappa shape index (κ3) is 5.49. The molecule has 28 heavy (non-hydrogen) atoms. The highest BCUT2D eigenvalue weighted by molar-refractivity contribution is 9.10. The second-order valence-electron chi connectivity index (χ2n) is 7.06. The zero-order chi connectivity index (χ0) is 19.9. The summed E-state index contributed by atoms with van der Waals surface area (Å²) in [7, 11) is 0. The van der Waals surface area contributed by atoms with Crippen molar-refractivity contribution in [2.45, 2.75) is 31.6 Å². The van der Waals surface area contributed by atoms with E-state index in [0.717, 1.165) is 23.1 Å². The van der Waals surface area contributed by atoms with Gasteiger partial charge in [-0.25, -0.2) is 0 Å². The summed E-state index contributed by atoms with van der Waals surface area (Å²) in [6.07, 6.45) is 4.22. The fourth-order valence-corrected chi connectivity index (χ4v) is 4.57. The molecule has 2 heterocycles. The smallest absolute Gasteiger partial charge is 0.253 e. The maximum absolute atomic E-state index is 13.1. The molecule has 0 radical (unpaired) electrons. The van der Waals surface area contributed by atoms with Gasteiger partial charge >= 0.3 is 0 Å². The van der Waals surface area contributed by atoms with Gasteiger partial charge < -0.3 is 19.7 Å². The van der Waals surface area contributed by atoms with E-state index < -0.39 is 6.04 Å². The monoisotopic (exact) mass is 470 g/mol. The minimum atomic E-state index is -0.511. The van der Waals surface area contributed by atoms with Crippen LogP contribution in [0.15, 0.2) is 28.7 Å². The van der Waals surface area contributed by atoms with Crippen molar-refractivity contribution >= 4 is 39.5 Å². The Labute approximate surface area is 178 Å². The van der Waals surface area contributed by atoms with E-state index >= 15 is 0 Å². The molecule has 2 saturated heterocycles. The summed E-state index contributed by atoms with van der Waals surface area (Å²) in [5.41, 5.74) is 0.540. The van der Waals surface area contributed by atoms with Crippen LogP contribution in [0, 0.1) is 5.92 Å². The number of piperidine rings is 1. The van der Waals surface area contributed by atoms with E-state index in [0.29, 0.717) is 44.2 Å². The topological polar surface area (TPSA) is 67.9 Å². The summed E-state index contributed by atoms with van der Waals surface area (Å²) in [5.74, 6) is 0.925. The zero-order valence-corrected chi connectivity index (χ0v) is 18.5. The van der Waals surface area contributed by atoms with Gasteiger partial charge in [0.2, 0.25) is 5.91 Å². The molecule has 0 saturated carbocycles. The largest absolute Gasteiger partial charge is 0.350 e. The van der Waals surface area contributed by atoms with E-state index in [1.54, 1.807) is 17.8 Å². The number of amides is 2. The second kappa shape index (κ2) is 10.6. The molecule has 8 heteroatoms. The average molecular weight is 471 g/mol. The number of ether oxygens (including phenoxy) is 2. The fourth-order valence-electron chi connectivity index (χ4n) is 3.64. The molecule has 1 aromatic carbocycles. The first kappa shape index (κ1) is 21.6. The van der Waals surface area contributed by atoms with Crippen LogP contribution in [0.25, 0.3) is 0 Å². The van der Waals surface area contributed by atoms with Gasteiger partial charge in [-0.05, 0) is 59.3 Å². The van der Waals surface area contributed by atoms with Gasteiger partial charge in [0.25, 0.3) is 5.91 Å². The lowest BCUT2D eigenvalue weighted by molar-refractivity contribution is -0.138. The highest BCUT2D eigenvalue weighted by atomic mass is 79.9. The summed E-state index contributed by atoms with van der Waals surface area (Å²) in [6, 6.07) is 6.74. The molecule has 6 nitrogen and oxygen atoms in total. The Kier molecular flexibility index (Phi) is 8.20. The minimum Gasteiger partial charge on any atom is -0.350 e. The molecule has 0 spiro atoms. The molecule has 0 bridgehead atoms. The van der Waals surface area contributed by atoms with Gasteiger partial charge in [-0.1, -0.05) is 12.1 Å². The van der Waals surface area contributed by atoms with Crippen molar-refractivity contribution in [2.24, 2.45) is 5.92 Å². The Hall–Kier alpha value is -1.09. The Morgan fingerprint density at radius 3 is 2.57 bits per heavy atom. The second-order valence-corrected chi connectivity index (χ2v) is 8.90. The van der Waals surface area contributed by atoms with E-state index in [9.17, 15) is 9.59 Å². The molecule has 1 N–H and O–H groups in total. The quantitative estimate of drug-likeness (QED) is 0.663. The molecule has 3 rings (SSSR count). The molecule has 1 atom stereocenters. The third-order valence-corrected chi connectivity index (χ3v) is 6.55. The molecule has 154 valence electrons. The van der Waals surface area contributed by atoms with Gasteiger partial charge in [0.15, 0.2) is 6.29 Å². The number of nitrogens with zero attached hydrogens (tertiary/aromatic N) is 1. The van der Waals surface area contributed by atoms with Crippen molar-refractivity contribution in [3.05, 3.63) is 34.3 Å². The van der Waals surface area contributed by atoms with Gasteiger partial charge in [-0.3, -0.25) is 9.59 Å².